The van der Waals surface area contributed by atoms with E-state index in [2.05, 4.69) is 25.7 Å². The van der Waals surface area contributed by atoms with Crippen molar-refractivity contribution >= 4 is 27.8 Å². The van der Waals surface area contributed by atoms with Crippen LogP contribution in [0.15, 0.2) is 40.8 Å². The SMILES string of the molecule is C=C(C)[C@H]1Cc2c(ccc(-c3n[n+]4c(c5oc6cc(OC)c(OC)cc6c35)NCC(C)(C)C4)c2OC)O1. The molecule has 2 aliphatic heterocycles. The summed E-state index contributed by atoms with van der Waals surface area (Å²) in [6, 6.07) is 7.85. The highest BCUT2D eigenvalue weighted by Crippen LogP contribution is 2.48. The van der Waals surface area contributed by atoms with Gasteiger partial charge in [0, 0.05) is 34.4 Å². The van der Waals surface area contributed by atoms with E-state index in [-0.39, 0.29) is 11.5 Å². The Hall–Kier alpha value is -3.94. The molecule has 0 saturated heterocycles. The Kier molecular flexibility index (Phi) is 5.26. The van der Waals surface area contributed by atoms with E-state index in [1.54, 1.807) is 21.3 Å². The molecule has 4 heterocycles. The van der Waals surface area contributed by atoms with Gasteiger partial charge in [-0.25, -0.2) is 0 Å². The normalized spacial score (nSPS) is 17.6. The van der Waals surface area contributed by atoms with Crippen molar-refractivity contribution < 1.29 is 28.0 Å². The number of furan rings is 1. The van der Waals surface area contributed by atoms with Gasteiger partial charge in [-0.1, -0.05) is 25.5 Å². The summed E-state index contributed by atoms with van der Waals surface area (Å²) in [6.45, 7) is 12.1. The molecule has 4 aromatic rings. The van der Waals surface area contributed by atoms with E-state index in [0.29, 0.717) is 23.5 Å². The summed E-state index contributed by atoms with van der Waals surface area (Å²) in [7, 11) is 4.95. The van der Waals surface area contributed by atoms with E-state index >= 15 is 0 Å². The molecular weight excluding hydrogens is 470 g/mol. The molecule has 8 heteroatoms. The van der Waals surface area contributed by atoms with Crippen molar-refractivity contribution in [3.8, 4) is 34.3 Å². The van der Waals surface area contributed by atoms with E-state index in [4.69, 9.17) is 28.5 Å². The van der Waals surface area contributed by atoms with Crippen LogP contribution in [0.3, 0.4) is 0 Å². The summed E-state index contributed by atoms with van der Waals surface area (Å²) in [6.07, 6.45) is 0.635. The van der Waals surface area contributed by atoms with Gasteiger partial charge in [0.25, 0.3) is 0 Å². The topological polar surface area (TPSA) is 78.9 Å². The lowest BCUT2D eigenvalue weighted by molar-refractivity contribution is -0.752. The fraction of sp³-hybridized carbons (Fsp3) is 0.379. The van der Waals surface area contributed by atoms with Gasteiger partial charge in [-0.15, -0.1) is 4.68 Å². The molecule has 2 aliphatic rings. The molecule has 6 rings (SSSR count). The molecule has 0 amide bonds. The van der Waals surface area contributed by atoms with Crippen LogP contribution in [0.4, 0.5) is 5.82 Å². The van der Waals surface area contributed by atoms with Gasteiger partial charge in [0.05, 0.1) is 33.3 Å². The monoisotopic (exact) mass is 502 g/mol. The van der Waals surface area contributed by atoms with Crippen molar-refractivity contribution in [1.29, 1.82) is 0 Å². The number of fused-ring (bicyclic) bond motifs is 6. The molecule has 8 nitrogen and oxygen atoms in total. The van der Waals surface area contributed by atoms with E-state index in [9.17, 15) is 0 Å². The van der Waals surface area contributed by atoms with Gasteiger partial charge in [-0.3, -0.25) is 5.32 Å². The number of benzene rings is 2. The standard InChI is InChI=1S/C29H31N3O5/c1-15(2)20-11-18-19(36-20)9-8-16(26(18)35-7)25-24-17-10-22(33-5)23(34-6)12-21(17)37-27(24)28-30-13-29(3,4)14-32(28)31-25/h8-10,12,20H,1,11,13-14H2,2-7H3/p+1/t20-/m1/s1. The second kappa shape index (κ2) is 8.30. The van der Waals surface area contributed by atoms with Crippen molar-refractivity contribution in [2.24, 2.45) is 5.41 Å². The number of hydrogen-bond donors (Lipinski definition) is 1. The first kappa shape index (κ1) is 23.5. The predicted octanol–water partition coefficient (Wildman–Crippen LogP) is 5.29. The number of hydrogen-bond acceptors (Lipinski definition) is 7. The van der Waals surface area contributed by atoms with Crippen LogP contribution in [-0.2, 0) is 13.0 Å². The Labute approximate surface area is 215 Å². The molecule has 0 radical (unpaired) electrons. The average molecular weight is 503 g/mol. The zero-order valence-corrected chi connectivity index (χ0v) is 22.2. The molecule has 0 spiro atoms. The van der Waals surface area contributed by atoms with Gasteiger partial charge in [0.15, 0.2) is 11.5 Å². The van der Waals surface area contributed by atoms with Crippen molar-refractivity contribution in [2.45, 2.75) is 39.8 Å². The fourth-order valence-corrected chi connectivity index (χ4v) is 5.41. The molecule has 0 aliphatic carbocycles. The lowest BCUT2D eigenvalue weighted by atomic mass is 9.91. The third kappa shape index (κ3) is 3.57. The highest BCUT2D eigenvalue weighted by Gasteiger charge is 2.38. The molecule has 2 aromatic carbocycles. The Morgan fingerprint density at radius 1 is 1.14 bits per heavy atom. The van der Waals surface area contributed by atoms with Gasteiger partial charge >= 0.3 is 5.82 Å². The molecule has 0 saturated carbocycles. The Bertz CT molecular complexity index is 1590. The van der Waals surface area contributed by atoms with Crippen LogP contribution in [0.1, 0.15) is 26.3 Å². The molecule has 2 aromatic heterocycles. The van der Waals surface area contributed by atoms with Crippen LogP contribution in [0.2, 0.25) is 0 Å². The van der Waals surface area contributed by atoms with E-state index in [1.807, 2.05) is 35.9 Å². The van der Waals surface area contributed by atoms with Crippen LogP contribution in [0.5, 0.6) is 23.0 Å². The van der Waals surface area contributed by atoms with E-state index < -0.39 is 0 Å². The lowest BCUT2D eigenvalue weighted by Crippen LogP contribution is -2.53. The third-order valence-corrected chi connectivity index (χ3v) is 7.32. The quantitative estimate of drug-likeness (QED) is 0.293. The Morgan fingerprint density at radius 2 is 1.89 bits per heavy atom. The highest BCUT2D eigenvalue weighted by atomic mass is 16.5. The second-order valence-corrected chi connectivity index (χ2v) is 10.7. The summed E-state index contributed by atoms with van der Waals surface area (Å²) >= 11 is 0. The Balaban J connectivity index is 1.68. The van der Waals surface area contributed by atoms with Gasteiger partial charge in [-0.2, -0.15) is 0 Å². The van der Waals surface area contributed by atoms with Gasteiger partial charge in [0.1, 0.15) is 35.4 Å². The third-order valence-electron chi connectivity index (χ3n) is 7.32. The number of anilines is 1. The number of rotatable bonds is 5. The van der Waals surface area contributed by atoms with Crippen molar-refractivity contribution in [3.05, 3.63) is 42.0 Å². The number of methoxy groups -OCH3 is 3. The highest BCUT2D eigenvalue weighted by molar-refractivity contribution is 6.14. The van der Waals surface area contributed by atoms with Gasteiger partial charge in [-0.05, 0) is 30.7 Å². The molecule has 192 valence electrons. The minimum absolute atomic E-state index is 0.0264. The first-order valence-corrected chi connectivity index (χ1v) is 12.4. The summed E-state index contributed by atoms with van der Waals surface area (Å²) in [4.78, 5) is 0. The van der Waals surface area contributed by atoms with Crippen molar-refractivity contribution in [2.75, 3.05) is 33.2 Å². The smallest absolute Gasteiger partial charge is 0.339 e. The van der Waals surface area contributed by atoms with Gasteiger partial charge < -0.3 is 23.4 Å². The first-order valence-electron chi connectivity index (χ1n) is 12.4. The van der Waals surface area contributed by atoms with E-state index in [1.165, 1.54) is 0 Å². The first-order chi connectivity index (χ1) is 17.7. The van der Waals surface area contributed by atoms with Crippen LogP contribution < -0.4 is 28.9 Å². The van der Waals surface area contributed by atoms with Crippen LogP contribution in [0.25, 0.3) is 33.2 Å². The maximum absolute atomic E-state index is 6.50. The van der Waals surface area contributed by atoms with Crippen molar-refractivity contribution in [1.82, 2.24) is 5.10 Å². The minimum atomic E-state index is -0.0680. The van der Waals surface area contributed by atoms with Crippen molar-refractivity contribution in [3.63, 3.8) is 0 Å². The number of nitrogens with zero attached hydrogens (tertiary/aromatic N) is 2. The molecule has 0 fully saturated rings. The maximum Gasteiger partial charge on any atom is 0.339 e. The fourth-order valence-electron chi connectivity index (χ4n) is 5.41. The van der Waals surface area contributed by atoms with Crippen LogP contribution in [0, 0.1) is 5.41 Å². The molecular formula is C29H32N3O5+. The molecule has 1 atom stereocenters. The zero-order valence-electron chi connectivity index (χ0n) is 22.2. The molecule has 1 N–H and O–H groups in total. The van der Waals surface area contributed by atoms with Crippen LogP contribution in [-0.4, -0.2) is 39.1 Å². The van der Waals surface area contributed by atoms with E-state index in [0.717, 1.165) is 69.2 Å². The summed E-state index contributed by atoms with van der Waals surface area (Å²) in [5, 5.41) is 10.5. The number of nitrogens with one attached hydrogen (secondary N) is 1. The maximum atomic E-state index is 6.50. The average Bonchev–Trinajstić information content (AvgIpc) is 3.47. The van der Waals surface area contributed by atoms with Gasteiger partial charge in [0.2, 0.25) is 5.58 Å². The van der Waals surface area contributed by atoms with Crippen LogP contribution >= 0.6 is 0 Å². The second-order valence-electron chi connectivity index (χ2n) is 10.7. The predicted molar refractivity (Wildman–Crippen MR) is 142 cm³/mol. The summed E-state index contributed by atoms with van der Waals surface area (Å²) < 4.78 is 31.9. The lowest BCUT2D eigenvalue weighted by Gasteiger charge is -2.26. The number of ether oxygens (including phenoxy) is 4. The summed E-state index contributed by atoms with van der Waals surface area (Å²) in [5.41, 5.74) is 5.14. The molecule has 37 heavy (non-hydrogen) atoms. The largest absolute Gasteiger partial charge is 0.496 e. The molecule has 0 bridgehead atoms. The zero-order chi connectivity index (χ0) is 26.1. The minimum Gasteiger partial charge on any atom is -0.496 e. The number of aromatic nitrogens is 2. The summed E-state index contributed by atoms with van der Waals surface area (Å²) in [5.74, 6) is 3.67. The Morgan fingerprint density at radius 3 is 2.59 bits per heavy atom. The molecule has 0 unspecified atom stereocenters.